The molecule has 2 rings (SSSR count). The third-order valence-electron chi connectivity index (χ3n) is 2.68. The Morgan fingerprint density at radius 1 is 1.47 bits per heavy atom. The van der Waals surface area contributed by atoms with E-state index < -0.39 is 6.04 Å². The van der Waals surface area contributed by atoms with Gasteiger partial charge in [0.15, 0.2) is 0 Å². The van der Waals surface area contributed by atoms with Crippen LogP contribution in [-0.4, -0.2) is 9.78 Å². The molecule has 0 radical (unpaired) electrons. The standard InChI is InChI=1S/C12H13BrFN3/c1-2-17-10(6-7-16-17)12(15)11-8(13)4-3-5-9(11)14/h3-7,12H,2,15H2,1H3. The minimum absolute atomic E-state index is 0.310. The first-order chi connectivity index (χ1) is 8.15. The topological polar surface area (TPSA) is 43.8 Å². The van der Waals surface area contributed by atoms with Crippen LogP contribution in [0.4, 0.5) is 4.39 Å². The summed E-state index contributed by atoms with van der Waals surface area (Å²) in [6, 6.07) is 6.13. The van der Waals surface area contributed by atoms with E-state index >= 15 is 0 Å². The summed E-state index contributed by atoms with van der Waals surface area (Å²) in [6.07, 6.45) is 1.67. The lowest BCUT2D eigenvalue weighted by Gasteiger charge is -2.16. The maximum Gasteiger partial charge on any atom is 0.129 e. The van der Waals surface area contributed by atoms with E-state index in [2.05, 4.69) is 21.0 Å². The Labute approximate surface area is 108 Å². The van der Waals surface area contributed by atoms with Crippen molar-refractivity contribution in [2.45, 2.75) is 19.5 Å². The molecule has 0 spiro atoms. The molecular formula is C12H13BrFN3. The third-order valence-corrected chi connectivity index (χ3v) is 3.37. The van der Waals surface area contributed by atoms with Gasteiger partial charge in [0.2, 0.25) is 0 Å². The van der Waals surface area contributed by atoms with Crippen LogP contribution in [0.3, 0.4) is 0 Å². The van der Waals surface area contributed by atoms with Gasteiger partial charge in [-0.2, -0.15) is 5.10 Å². The predicted octanol–water partition coefficient (Wildman–Crippen LogP) is 2.85. The van der Waals surface area contributed by atoms with Crippen LogP contribution in [0.2, 0.25) is 0 Å². The molecule has 17 heavy (non-hydrogen) atoms. The quantitative estimate of drug-likeness (QED) is 0.947. The summed E-state index contributed by atoms with van der Waals surface area (Å²) >= 11 is 3.33. The zero-order valence-corrected chi connectivity index (χ0v) is 11.0. The van der Waals surface area contributed by atoms with Gasteiger partial charge in [-0.1, -0.05) is 22.0 Å². The van der Waals surface area contributed by atoms with Gasteiger partial charge in [0.05, 0.1) is 11.7 Å². The lowest BCUT2D eigenvalue weighted by Crippen LogP contribution is -2.18. The van der Waals surface area contributed by atoms with Gasteiger partial charge < -0.3 is 5.73 Å². The van der Waals surface area contributed by atoms with Gasteiger partial charge >= 0.3 is 0 Å². The van der Waals surface area contributed by atoms with E-state index in [1.54, 1.807) is 23.0 Å². The molecule has 5 heteroatoms. The summed E-state index contributed by atoms with van der Waals surface area (Å²) in [4.78, 5) is 0. The summed E-state index contributed by atoms with van der Waals surface area (Å²) in [5, 5.41) is 4.14. The van der Waals surface area contributed by atoms with Gasteiger partial charge in [-0.05, 0) is 25.1 Å². The maximum atomic E-state index is 13.8. The third kappa shape index (κ3) is 2.25. The molecule has 0 bridgehead atoms. The summed E-state index contributed by atoms with van der Waals surface area (Å²) in [5.74, 6) is -0.310. The highest BCUT2D eigenvalue weighted by atomic mass is 79.9. The zero-order chi connectivity index (χ0) is 12.4. The number of aryl methyl sites for hydroxylation is 1. The second-order valence-electron chi connectivity index (χ2n) is 3.68. The Hall–Kier alpha value is -1.20. The highest BCUT2D eigenvalue weighted by molar-refractivity contribution is 9.10. The largest absolute Gasteiger partial charge is 0.319 e. The number of hydrogen-bond donors (Lipinski definition) is 1. The van der Waals surface area contributed by atoms with E-state index in [-0.39, 0.29) is 5.82 Å². The Balaban J connectivity index is 2.47. The van der Waals surface area contributed by atoms with E-state index in [1.807, 2.05) is 13.0 Å². The molecule has 0 aliphatic rings. The Bertz CT molecular complexity index is 504. The molecule has 0 saturated heterocycles. The Kier molecular flexibility index (Phi) is 3.59. The fourth-order valence-electron chi connectivity index (χ4n) is 1.83. The van der Waals surface area contributed by atoms with E-state index in [0.29, 0.717) is 16.6 Å². The fourth-order valence-corrected chi connectivity index (χ4v) is 2.42. The van der Waals surface area contributed by atoms with Gasteiger partial charge in [0.25, 0.3) is 0 Å². The van der Waals surface area contributed by atoms with Crippen molar-refractivity contribution in [3.05, 3.63) is 52.0 Å². The van der Waals surface area contributed by atoms with Crippen molar-refractivity contribution in [3.63, 3.8) is 0 Å². The molecule has 0 saturated carbocycles. The van der Waals surface area contributed by atoms with Gasteiger partial charge in [-0.15, -0.1) is 0 Å². The summed E-state index contributed by atoms with van der Waals surface area (Å²) in [6.45, 7) is 2.68. The monoisotopic (exact) mass is 297 g/mol. The second kappa shape index (κ2) is 4.98. The molecule has 0 aliphatic heterocycles. The predicted molar refractivity (Wildman–Crippen MR) is 68.0 cm³/mol. The molecule has 1 atom stereocenters. The molecule has 90 valence electrons. The van der Waals surface area contributed by atoms with Crippen molar-refractivity contribution in [1.29, 1.82) is 0 Å². The van der Waals surface area contributed by atoms with E-state index in [4.69, 9.17) is 5.73 Å². The lowest BCUT2D eigenvalue weighted by atomic mass is 10.0. The molecule has 1 unspecified atom stereocenters. The SMILES string of the molecule is CCn1nccc1C(N)c1c(F)cccc1Br. The van der Waals surface area contributed by atoms with Crippen LogP contribution in [0, 0.1) is 5.82 Å². The van der Waals surface area contributed by atoms with Crippen LogP contribution < -0.4 is 5.73 Å². The van der Waals surface area contributed by atoms with Gasteiger partial charge in [0, 0.05) is 22.8 Å². The summed E-state index contributed by atoms with van der Waals surface area (Å²) < 4.78 is 16.2. The van der Waals surface area contributed by atoms with E-state index in [0.717, 1.165) is 5.69 Å². The van der Waals surface area contributed by atoms with Gasteiger partial charge in [-0.25, -0.2) is 4.39 Å². The second-order valence-corrected chi connectivity index (χ2v) is 4.54. The number of aromatic nitrogens is 2. The number of hydrogen-bond acceptors (Lipinski definition) is 2. The average Bonchev–Trinajstić information content (AvgIpc) is 2.76. The lowest BCUT2D eigenvalue weighted by molar-refractivity contribution is 0.566. The van der Waals surface area contributed by atoms with Crippen molar-refractivity contribution in [3.8, 4) is 0 Å². The van der Waals surface area contributed by atoms with Crippen molar-refractivity contribution < 1.29 is 4.39 Å². The van der Waals surface area contributed by atoms with Crippen LogP contribution in [0.5, 0.6) is 0 Å². The summed E-state index contributed by atoms with van der Waals surface area (Å²) in [7, 11) is 0. The van der Waals surface area contributed by atoms with Crippen LogP contribution in [-0.2, 0) is 6.54 Å². The number of rotatable bonds is 3. The van der Waals surface area contributed by atoms with Crippen molar-refractivity contribution in [2.24, 2.45) is 5.73 Å². The van der Waals surface area contributed by atoms with Gasteiger partial charge in [0.1, 0.15) is 5.82 Å². The van der Waals surface area contributed by atoms with Crippen molar-refractivity contribution in [1.82, 2.24) is 9.78 Å². The molecular weight excluding hydrogens is 285 g/mol. The number of halogens is 2. The first kappa shape index (κ1) is 12.3. The molecule has 0 aliphatic carbocycles. The molecule has 0 fully saturated rings. The Morgan fingerprint density at radius 3 is 2.88 bits per heavy atom. The van der Waals surface area contributed by atoms with E-state index in [1.165, 1.54) is 6.07 Å². The van der Waals surface area contributed by atoms with Crippen molar-refractivity contribution in [2.75, 3.05) is 0 Å². The maximum absolute atomic E-state index is 13.8. The minimum atomic E-state index is -0.520. The first-order valence-electron chi connectivity index (χ1n) is 5.36. The number of benzene rings is 1. The molecule has 2 aromatic rings. The number of nitrogens with zero attached hydrogens (tertiary/aromatic N) is 2. The first-order valence-corrected chi connectivity index (χ1v) is 6.15. The molecule has 1 aromatic heterocycles. The average molecular weight is 298 g/mol. The minimum Gasteiger partial charge on any atom is -0.319 e. The smallest absolute Gasteiger partial charge is 0.129 e. The normalized spacial score (nSPS) is 12.7. The molecule has 2 N–H and O–H groups in total. The van der Waals surface area contributed by atoms with E-state index in [9.17, 15) is 4.39 Å². The molecule has 3 nitrogen and oxygen atoms in total. The highest BCUT2D eigenvalue weighted by Gasteiger charge is 2.19. The van der Waals surface area contributed by atoms with Gasteiger partial charge in [-0.3, -0.25) is 4.68 Å². The van der Waals surface area contributed by atoms with Crippen LogP contribution in [0.15, 0.2) is 34.9 Å². The van der Waals surface area contributed by atoms with Crippen LogP contribution >= 0.6 is 15.9 Å². The molecule has 0 amide bonds. The fraction of sp³-hybridized carbons (Fsp3) is 0.250. The highest BCUT2D eigenvalue weighted by Crippen LogP contribution is 2.28. The molecule has 1 heterocycles. The number of nitrogens with two attached hydrogens (primary N) is 1. The van der Waals surface area contributed by atoms with Crippen LogP contribution in [0.1, 0.15) is 24.2 Å². The Morgan fingerprint density at radius 2 is 2.24 bits per heavy atom. The molecule has 1 aromatic carbocycles. The van der Waals surface area contributed by atoms with Crippen LogP contribution in [0.25, 0.3) is 0 Å². The van der Waals surface area contributed by atoms with Crippen molar-refractivity contribution >= 4 is 15.9 Å². The zero-order valence-electron chi connectivity index (χ0n) is 9.40. The summed E-state index contributed by atoms with van der Waals surface area (Å²) in [5.41, 5.74) is 7.37.